The molecule has 9 nitrogen and oxygen atoms in total. The van der Waals surface area contributed by atoms with E-state index in [1.807, 2.05) is 0 Å². The van der Waals surface area contributed by atoms with Crippen molar-refractivity contribution in [2.75, 3.05) is 24.9 Å². The second-order valence-electron chi connectivity index (χ2n) is 4.56. The summed E-state index contributed by atoms with van der Waals surface area (Å²) < 4.78 is 10.3. The van der Waals surface area contributed by atoms with E-state index in [1.165, 1.54) is 32.1 Å². The third kappa shape index (κ3) is 4.43. The topological polar surface area (TPSA) is 107 Å². The summed E-state index contributed by atoms with van der Waals surface area (Å²) in [5, 5.41) is 13.0. The predicted octanol–water partition coefficient (Wildman–Crippen LogP) is 0.892. The molecule has 1 heterocycles. The zero-order chi connectivity index (χ0) is 16.8. The molecule has 23 heavy (non-hydrogen) atoms. The highest BCUT2D eigenvalue weighted by atomic mass is 16.5. The highest BCUT2D eigenvalue weighted by molar-refractivity contribution is 5.92. The quantitative estimate of drug-likeness (QED) is 0.819. The lowest BCUT2D eigenvalue weighted by Crippen LogP contribution is -2.21. The molecule has 0 saturated heterocycles. The van der Waals surface area contributed by atoms with E-state index in [2.05, 4.69) is 20.8 Å². The van der Waals surface area contributed by atoms with Gasteiger partial charge in [-0.3, -0.25) is 9.59 Å². The Morgan fingerprint density at radius 1 is 1.22 bits per heavy atom. The first kappa shape index (κ1) is 16.3. The Bertz CT molecular complexity index is 713. The van der Waals surface area contributed by atoms with Gasteiger partial charge in [-0.15, -0.1) is 5.10 Å². The van der Waals surface area contributed by atoms with Gasteiger partial charge < -0.3 is 20.1 Å². The highest BCUT2D eigenvalue weighted by Gasteiger charge is 2.11. The fourth-order valence-electron chi connectivity index (χ4n) is 1.84. The molecule has 0 aliphatic heterocycles. The molecule has 0 atom stereocenters. The SMILES string of the molecule is COc1ccc(OC)c(NC(=O)Cn2ncc(NC(C)=O)n2)c1. The molecule has 2 aromatic rings. The summed E-state index contributed by atoms with van der Waals surface area (Å²) in [5.74, 6) is 0.770. The van der Waals surface area contributed by atoms with Gasteiger partial charge in [0.1, 0.15) is 18.0 Å². The number of carbonyl (C=O) groups excluding carboxylic acids is 2. The van der Waals surface area contributed by atoms with Crippen molar-refractivity contribution in [3.05, 3.63) is 24.4 Å². The maximum Gasteiger partial charge on any atom is 0.248 e. The Hall–Kier alpha value is -3.10. The van der Waals surface area contributed by atoms with Crippen LogP contribution in [0.1, 0.15) is 6.92 Å². The number of rotatable bonds is 6. The minimum Gasteiger partial charge on any atom is -0.497 e. The Kier molecular flexibility index (Phi) is 5.13. The van der Waals surface area contributed by atoms with Crippen molar-refractivity contribution in [1.82, 2.24) is 15.0 Å². The van der Waals surface area contributed by atoms with Gasteiger partial charge in [0.05, 0.1) is 26.1 Å². The molecule has 2 N–H and O–H groups in total. The molecule has 2 amide bonds. The first-order valence-electron chi connectivity index (χ1n) is 6.71. The van der Waals surface area contributed by atoms with Crippen LogP contribution < -0.4 is 20.1 Å². The molecule has 0 radical (unpaired) electrons. The number of aromatic nitrogens is 3. The molecule has 0 bridgehead atoms. The van der Waals surface area contributed by atoms with Gasteiger partial charge in [-0.05, 0) is 12.1 Å². The molecule has 1 aromatic heterocycles. The minimum atomic E-state index is -0.346. The monoisotopic (exact) mass is 319 g/mol. The van der Waals surface area contributed by atoms with Crippen molar-refractivity contribution in [3.63, 3.8) is 0 Å². The van der Waals surface area contributed by atoms with Gasteiger partial charge in [0, 0.05) is 13.0 Å². The fourth-order valence-corrected chi connectivity index (χ4v) is 1.84. The van der Waals surface area contributed by atoms with Gasteiger partial charge in [0.2, 0.25) is 11.8 Å². The molecule has 0 unspecified atom stereocenters. The summed E-state index contributed by atoms with van der Waals surface area (Å²) in [4.78, 5) is 24.2. The predicted molar refractivity (Wildman–Crippen MR) is 82.5 cm³/mol. The largest absolute Gasteiger partial charge is 0.497 e. The number of ether oxygens (including phenoxy) is 2. The fraction of sp³-hybridized carbons (Fsp3) is 0.286. The number of benzene rings is 1. The maximum absolute atomic E-state index is 12.1. The van der Waals surface area contributed by atoms with E-state index in [0.717, 1.165) is 0 Å². The molecular formula is C14H17N5O4. The average Bonchev–Trinajstić information content (AvgIpc) is 2.93. The summed E-state index contributed by atoms with van der Waals surface area (Å²) in [7, 11) is 3.04. The first-order valence-corrected chi connectivity index (χ1v) is 6.71. The number of carbonyl (C=O) groups is 2. The van der Waals surface area contributed by atoms with Crippen molar-refractivity contribution in [2.24, 2.45) is 0 Å². The van der Waals surface area contributed by atoms with Gasteiger partial charge >= 0.3 is 0 Å². The number of nitrogens with zero attached hydrogens (tertiary/aromatic N) is 3. The lowest BCUT2D eigenvalue weighted by atomic mass is 10.2. The molecule has 0 aliphatic rings. The third-order valence-corrected chi connectivity index (χ3v) is 2.81. The molecule has 0 aliphatic carbocycles. The van der Waals surface area contributed by atoms with Crippen LogP contribution in [-0.4, -0.2) is 41.0 Å². The van der Waals surface area contributed by atoms with Crippen LogP contribution in [-0.2, 0) is 16.1 Å². The number of anilines is 2. The van der Waals surface area contributed by atoms with Gasteiger partial charge in [0.25, 0.3) is 0 Å². The Morgan fingerprint density at radius 2 is 2.00 bits per heavy atom. The molecule has 122 valence electrons. The van der Waals surface area contributed by atoms with E-state index in [0.29, 0.717) is 17.2 Å². The molecule has 0 spiro atoms. The van der Waals surface area contributed by atoms with Crippen LogP contribution in [0.4, 0.5) is 11.5 Å². The van der Waals surface area contributed by atoms with E-state index < -0.39 is 0 Å². The van der Waals surface area contributed by atoms with Crippen LogP contribution in [0.25, 0.3) is 0 Å². The number of amides is 2. The number of hydrogen-bond acceptors (Lipinski definition) is 6. The maximum atomic E-state index is 12.1. The second-order valence-corrected chi connectivity index (χ2v) is 4.56. The number of nitrogens with one attached hydrogen (secondary N) is 2. The Balaban J connectivity index is 2.04. The van der Waals surface area contributed by atoms with Crippen molar-refractivity contribution in [1.29, 1.82) is 0 Å². The van der Waals surface area contributed by atoms with Crippen molar-refractivity contribution >= 4 is 23.3 Å². The molecule has 1 aromatic carbocycles. The van der Waals surface area contributed by atoms with Crippen molar-refractivity contribution in [3.8, 4) is 11.5 Å². The molecule has 2 rings (SSSR count). The van der Waals surface area contributed by atoms with E-state index in [-0.39, 0.29) is 24.2 Å². The smallest absolute Gasteiger partial charge is 0.248 e. The standard InChI is InChI=1S/C14H17N5O4/c1-9(20)16-13-7-15-19(18-13)8-14(21)17-11-6-10(22-2)4-5-12(11)23-3/h4-7H,8H2,1-3H3,(H,17,21)(H,16,18,20). The minimum absolute atomic E-state index is 0.111. The number of methoxy groups -OCH3 is 2. The van der Waals surface area contributed by atoms with Gasteiger partial charge in [-0.2, -0.15) is 9.90 Å². The average molecular weight is 319 g/mol. The summed E-state index contributed by atoms with van der Waals surface area (Å²) in [6, 6.07) is 5.06. The van der Waals surface area contributed by atoms with Crippen LogP contribution in [0, 0.1) is 0 Å². The van der Waals surface area contributed by atoms with Crippen molar-refractivity contribution in [2.45, 2.75) is 13.5 Å². The zero-order valence-corrected chi connectivity index (χ0v) is 13.0. The third-order valence-electron chi connectivity index (χ3n) is 2.81. The molecule has 0 saturated carbocycles. The Morgan fingerprint density at radius 3 is 2.65 bits per heavy atom. The van der Waals surface area contributed by atoms with Crippen LogP contribution in [0.15, 0.2) is 24.4 Å². The summed E-state index contributed by atoms with van der Waals surface area (Å²) in [6.45, 7) is 1.25. The summed E-state index contributed by atoms with van der Waals surface area (Å²) >= 11 is 0. The molecule has 9 heteroatoms. The van der Waals surface area contributed by atoms with Crippen molar-refractivity contribution < 1.29 is 19.1 Å². The van der Waals surface area contributed by atoms with E-state index in [1.54, 1.807) is 18.2 Å². The van der Waals surface area contributed by atoms with Gasteiger partial charge in [-0.1, -0.05) is 0 Å². The first-order chi connectivity index (χ1) is 11.0. The zero-order valence-electron chi connectivity index (χ0n) is 13.0. The van der Waals surface area contributed by atoms with E-state index in [4.69, 9.17) is 9.47 Å². The summed E-state index contributed by atoms with van der Waals surface area (Å²) in [6.07, 6.45) is 1.36. The second kappa shape index (κ2) is 7.25. The van der Waals surface area contributed by atoms with E-state index >= 15 is 0 Å². The van der Waals surface area contributed by atoms with Gasteiger partial charge in [0.15, 0.2) is 5.82 Å². The van der Waals surface area contributed by atoms with E-state index in [9.17, 15) is 9.59 Å². The number of hydrogen-bond donors (Lipinski definition) is 2. The van der Waals surface area contributed by atoms with Crippen LogP contribution in [0.5, 0.6) is 11.5 Å². The van der Waals surface area contributed by atoms with Gasteiger partial charge in [-0.25, -0.2) is 0 Å². The molecule has 0 fully saturated rings. The molecular weight excluding hydrogens is 302 g/mol. The Labute approximate surface area is 132 Å². The van der Waals surface area contributed by atoms with Crippen LogP contribution in [0.2, 0.25) is 0 Å². The normalized spacial score (nSPS) is 10.0. The lowest BCUT2D eigenvalue weighted by molar-refractivity contribution is -0.117. The van der Waals surface area contributed by atoms with Crippen LogP contribution in [0.3, 0.4) is 0 Å². The highest BCUT2D eigenvalue weighted by Crippen LogP contribution is 2.28. The van der Waals surface area contributed by atoms with Crippen LogP contribution >= 0.6 is 0 Å². The summed E-state index contributed by atoms with van der Waals surface area (Å²) in [5.41, 5.74) is 0.478. The lowest BCUT2D eigenvalue weighted by Gasteiger charge is -2.11.